The Labute approximate surface area is 116 Å². The van der Waals surface area contributed by atoms with Gasteiger partial charge in [-0.15, -0.1) is 0 Å². The number of rotatable bonds is 6. The summed E-state index contributed by atoms with van der Waals surface area (Å²) >= 11 is 0. The van der Waals surface area contributed by atoms with Crippen LogP contribution in [0.4, 0.5) is 0 Å². The first kappa shape index (κ1) is 14.4. The van der Waals surface area contributed by atoms with E-state index in [1.807, 2.05) is 12.1 Å². The highest BCUT2D eigenvalue weighted by Gasteiger charge is 2.23. The molecular weight excluding hydrogens is 238 g/mol. The predicted molar refractivity (Wildman–Crippen MR) is 77.7 cm³/mol. The number of ether oxygens (including phenoxy) is 2. The van der Waals surface area contributed by atoms with Crippen LogP contribution in [0.25, 0.3) is 0 Å². The Morgan fingerprint density at radius 1 is 1.37 bits per heavy atom. The lowest BCUT2D eigenvalue weighted by Crippen LogP contribution is -2.41. The Balaban J connectivity index is 1.97. The lowest BCUT2D eigenvalue weighted by Gasteiger charge is -2.31. The maximum atomic E-state index is 5.62. The summed E-state index contributed by atoms with van der Waals surface area (Å²) in [7, 11) is 1.70. The summed E-state index contributed by atoms with van der Waals surface area (Å²) in [5.74, 6) is 1.56. The minimum Gasteiger partial charge on any atom is -0.497 e. The quantitative estimate of drug-likeness (QED) is 0.856. The Hall–Kier alpha value is -1.06. The minimum atomic E-state index is 0.513. The summed E-state index contributed by atoms with van der Waals surface area (Å²) in [4.78, 5) is 0. The molecule has 1 saturated heterocycles. The lowest BCUT2D eigenvalue weighted by atomic mass is 9.89. The summed E-state index contributed by atoms with van der Waals surface area (Å²) in [6, 6.07) is 8.91. The van der Waals surface area contributed by atoms with E-state index in [1.54, 1.807) is 7.11 Å². The fourth-order valence-electron chi connectivity index (χ4n) is 2.77. The van der Waals surface area contributed by atoms with Gasteiger partial charge < -0.3 is 14.8 Å². The molecule has 0 saturated carbocycles. The van der Waals surface area contributed by atoms with Crippen LogP contribution in [0.1, 0.15) is 25.3 Å². The van der Waals surface area contributed by atoms with Gasteiger partial charge >= 0.3 is 0 Å². The largest absolute Gasteiger partial charge is 0.497 e. The first-order valence-corrected chi connectivity index (χ1v) is 7.27. The van der Waals surface area contributed by atoms with Crippen molar-refractivity contribution in [2.24, 2.45) is 5.92 Å². The fourth-order valence-corrected chi connectivity index (χ4v) is 2.77. The fraction of sp³-hybridized carbons (Fsp3) is 0.625. The van der Waals surface area contributed by atoms with Crippen LogP contribution in [0, 0.1) is 5.92 Å². The molecule has 0 spiro atoms. The van der Waals surface area contributed by atoms with Crippen LogP contribution in [-0.4, -0.2) is 32.9 Å². The molecule has 3 nitrogen and oxygen atoms in total. The highest BCUT2D eigenvalue weighted by atomic mass is 16.5. The summed E-state index contributed by atoms with van der Waals surface area (Å²) in [5.41, 5.74) is 1.36. The van der Waals surface area contributed by atoms with Crippen molar-refractivity contribution in [2.75, 3.05) is 26.9 Å². The number of likely N-dealkylation sites (N-methyl/N-ethyl adjacent to an activating group) is 1. The van der Waals surface area contributed by atoms with Gasteiger partial charge in [0, 0.05) is 12.6 Å². The molecule has 1 aliphatic heterocycles. The molecule has 19 heavy (non-hydrogen) atoms. The number of hydrogen-bond acceptors (Lipinski definition) is 3. The number of nitrogens with one attached hydrogen (secondary N) is 1. The molecule has 0 aliphatic carbocycles. The topological polar surface area (TPSA) is 30.5 Å². The Morgan fingerprint density at radius 2 is 2.16 bits per heavy atom. The molecule has 1 N–H and O–H groups in total. The van der Waals surface area contributed by atoms with Gasteiger partial charge in [0.2, 0.25) is 0 Å². The first-order chi connectivity index (χ1) is 9.33. The first-order valence-electron chi connectivity index (χ1n) is 7.27. The molecule has 0 radical (unpaired) electrons. The van der Waals surface area contributed by atoms with Crippen LogP contribution in [0.5, 0.6) is 5.75 Å². The van der Waals surface area contributed by atoms with Crippen LogP contribution in [0.15, 0.2) is 24.3 Å². The molecule has 2 unspecified atom stereocenters. The molecule has 0 bridgehead atoms. The minimum absolute atomic E-state index is 0.513. The van der Waals surface area contributed by atoms with E-state index in [1.165, 1.54) is 18.4 Å². The molecule has 1 aromatic carbocycles. The van der Waals surface area contributed by atoms with E-state index >= 15 is 0 Å². The molecule has 2 rings (SSSR count). The lowest BCUT2D eigenvalue weighted by molar-refractivity contribution is 0.0396. The maximum Gasteiger partial charge on any atom is 0.118 e. The molecule has 2 atom stereocenters. The normalized spacial score (nSPS) is 21.1. The highest BCUT2D eigenvalue weighted by Crippen LogP contribution is 2.21. The zero-order chi connectivity index (χ0) is 13.5. The number of methoxy groups -OCH3 is 1. The maximum absolute atomic E-state index is 5.62. The second-order valence-corrected chi connectivity index (χ2v) is 5.19. The van der Waals surface area contributed by atoms with E-state index in [9.17, 15) is 0 Å². The van der Waals surface area contributed by atoms with Crippen molar-refractivity contribution < 1.29 is 9.47 Å². The van der Waals surface area contributed by atoms with Gasteiger partial charge in [-0.3, -0.25) is 0 Å². The van der Waals surface area contributed by atoms with E-state index in [-0.39, 0.29) is 0 Å². The average Bonchev–Trinajstić information content (AvgIpc) is 2.48. The monoisotopic (exact) mass is 263 g/mol. The molecular formula is C16H25NO2. The third-order valence-corrected chi connectivity index (χ3v) is 3.85. The van der Waals surface area contributed by atoms with Crippen molar-refractivity contribution in [1.82, 2.24) is 5.32 Å². The van der Waals surface area contributed by atoms with E-state index in [2.05, 4.69) is 24.4 Å². The second kappa shape index (κ2) is 7.51. The Kier molecular flexibility index (Phi) is 5.67. The molecule has 0 amide bonds. The van der Waals surface area contributed by atoms with Crippen molar-refractivity contribution in [3.05, 3.63) is 29.8 Å². The molecule has 1 aromatic rings. The standard InChI is InChI=1S/C16H25NO2/c1-3-17-16(14-5-4-10-19-12-14)11-13-6-8-15(18-2)9-7-13/h6-9,14,16-17H,3-5,10-12H2,1-2H3. The van der Waals surface area contributed by atoms with Gasteiger partial charge in [-0.1, -0.05) is 19.1 Å². The van der Waals surface area contributed by atoms with E-state index in [0.29, 0.717) is 12.0 Å². The summed E-state index contributed by atoms with van der Waals surface area (Å²) in [6.07, 6.45) is 3.52. The smallest absolute Gasteiger partial charge is 0.118 e. The molecule has 1 heterocycles. The van der Waals surface area contributed by atoms with Crippen LogP contribution >= 0.6 is 0 Å². The van der Waals surface area contributed by atoms with Crippen LogP contribution < -0.4 is 10.1 Å². The molecule has 3 heteroatoms. The van der Waals surface area contributed by atoms with Crippen molar-refractivity contribution in [1.29, 1.82) is 0 Å². The second-order valence-electron chi connectivity index (χ2n) is 5.19. The highest BCUT2D eigenvalue weighted by molar-refractivity contribution is 5.27. The predicted octanol–water partition coefficient (Wildman–Crippen LogP) is 2.64. The van der Waals surface area contributed by atoms with Crippen molar-refractivity contribution >= 4 is 0 Å². The third-order valence-electron chi connectivity index (χ3n) is 3.85. The van der Waals surface area contributed by atoms with Gasteiger partial charge in [-0.05, 0) is 49.4 Å². The van der Waals surface area contributed by atoms with Crippen LogP contribution in [0.2, 0.25) is 0 Å². The van der Waals surface area contributed by atoms with Gasteiger partial charge in [0.15, 0.2) is 0 Å². The van der Waals surface area contributed by atoms with Crippen LogP contribution in [-0.2, 0) is 11.2 Å². The molecule has 0 aromatic heterocycles. The zero-order valence-electron chi connectivity index (χ0n) is 12.0. The Bertz CT molecular complexity index is 358. The summed E-state index contributed by atoms with van der Waals surface area (Å²) in [6.45, 7) is 5.01. The molecule has 1 fully saturated rings. The number of hydrogen-bond donors (Lipinski definition) is 1. The van der Waals surface area contributed by atoms with Gasteiger partial charge in [0.25, 0.3) is 0 Å². The van der Waals surface area contributed by atoms with Gasteiger partial charge in [-0.25, -0.2) is 0 Å². The molecule has 106 valence electrons. The van der Waals surface area contributed by atoms with Crippen molar-refractivity contribution in [2.45, 2.75) is 32.2 Å². The molecule has 1 aliphatic rings. The summed E-state index contributed by atoms with van der Waals surface area (Å²) < 4.78 is 10.8. The van der Waals surface area contributed by atoms with E-state index < -0.39 is 0 Å². The third kappa shape index (κ3) is 4.22. The summed E-state index contributed by atoms with van der Waals surface area (Å²) in [5, 5.41) is 3.62. The van der Waals surface area contributed by atoms with E-state index in [0.717, 1.165) is 31.9 Å². The zero-order valence-corrected chi connectivity index (χ0v) is 12.0. The van der Waals surface area contributed by atoms with Crippen molar-refractivity contribution in [3.63, 3.8) is 0 Å². The van der Waals surface area contributed by atoms with Gasteiger partial charge in [0.1, 0.15) is 5.75 Å². The van der Waals surface area contributed by atoms with Gasteiger partial charge in [0.05, 0.1) is 13.7 Å². The van der Waals surface area contributed by atoms with Crippen LogP contribution in [0.3, 0.4) is 0 Å². The SMILES string of the molecule is CCNC(Cc1ccc(OC)cc1)C1CCCOC1. The Morgan fingerprint density at radius 3 is 2.74 bits per heavy atom. The average molecular weight is 263 g/mol. The number of benzene rings is 1. The van der Waals surface area contributed by atoms with Crippen molar-refractivity contribution in [3.8, 4) is 5.75 Å². The van der Waals surface area contributed by atoms with Gasteiger partial charge in [-0.2, -0.15) is 0 Å². The van der Waals surface area contributed by atoms with E-state index in [4.69, 9.17) is 9.47 Å².